The molecule has 1 fully saturated rings. The first kappa shape index (κ1) is 13.8. The van der Waals surface area contributed by atoms with Gasteiger partial charge in [0.05, 0.1) is 5.41 Å². The summed E-state index contributed by atoms with van der Waals surface area (Å²) in [5.74, 6) is 1.29. The highest BCUT2D eigenvalue weighted by atomic mass is 32.2. The van der Waals surface area contributed by atoms with E-state index in [1.807, 2.05) is 39.5 Å². The molecule has 1 amide bonds. The van der Waals surface area contributed by atoms with Gasteiger partial charge in [0.1, 0.15) is 0 Å². The predicted molar refractivity (Wildman–Crippen MR) is 70.5 cm³/mol. The zero-order valence-electron chi connectivity index (χ0n) is 10.8. The lowest BCUT2D eigenvalue weighted by molar-refractivity contribution is -0.132. The molecular formula is C12H24N2OS. The SMILES string of the molecule is CC(C)(N)C(C)(C)C(=O)NCC1CCCS1. The molecule has 1 saturated heterocycles. The number of hydrogen-bond donors (Lipinski definition) is 2. The van der Waals surface area contributed by atoms with Crippen LogP contribution in [0.4, 0.5) is 0 Å². The number of carbonyl (C=O) groups is 1. The maximum absolute atomic E-state index is 12.1. The van der Waals surface area contributed by atoms with Crippen LogP contribution in [0.1, 0.15) is 40.5 Å². The Morgan fingerprint density at radius 3 is 2.50 bits per heavy atom. The number of nitrogens with two attached hydrogens (primary N) is 1. The van der Waals surface area contributed by atoms with Gasteiger partial charge in [-0.25, -0.2) is 0 Å². The first-order valence-corrected chi connectivity index (χ1v) is 6.99. The van der Waals surface area contributed by atoms with Crippen molar-refractivity contribution in [3.8, 4) is 0 Å². The van der Waals surface area contributed by atoms with Crippen LogP contribution < -0.4 is 11.1 Å². The van der Waals surface area contributed by atoms with Crippen LogP contribution in [0, 0.1) is 5.41 Å². The summed E-state index contributed by atoms with van der Waals surface area (Å²) in [6.45, 7) is 8.39. The van der Waals surface area contributed by atoms with E-state index in [4.69, 9.17) is 5.73 Å². The van der Waals surface area contributed by atoms with E-state index in [1.165, 1.54) is 18.6 Å². The standard InChI is InChI=1S/C12H24N2OS/c1-11(2,12(3,4)13)10(15)14-8-9-6-5-7-16-9/h9H,5-8,13H2,1-4H3,(H,14,15). The zero-order chi connectivity index (χ0) is 12.4. The van der Waals surface area contributed by atoms with Gasteiger partial charge in [0.25, 0.3) is 0 Å². The van der Waals surface area contributed by atoms with Crippen LogP contribution in [0.25, 0.3) is 0 Å². The quantitative estimate of drug-likeness (QED) is 0.792. The summed E-state index contributed by atoms with van der Waals surface area (Å²) in [5, 5.41) is 3.63. The maximum Gasteiger partial charge on any atom is 0.227 e. The summed E-state index contributed by atoms with van der Waals surface area (Å²) in [4.78, 5) is 12.1. The lowest BCUT2D eigenvalue weighted by atomic mass is 9.74. The van der Waals surface area contributed by atoms with E-state index >= 15 is 0 Å². The number of thioether (sulfide) groups is 1. The Hall–Kier alpha value is -0.220. The van der Waals surface area contributed by atoms with E-state index in [9.17, 15) is 4.79 Å². The molecule has 1 unspecified atom stereocenters. The Kier molecular flexibility index (Phi) is 4.29. The van der Waals surface area contributed by atoms with Crippen molar-refractivity contribution in [3.63, 3.8) is 0 Å². The third-order valence-electron chi connectivity index (χ3n) is 3.69. The highest BCUT2D eigenvalue weighted by molar-refractivity contribution is 8.00. The normalized spacial score (nSPS) is 22.2. The van der Waals surface area contributed by atoms with E-state index in [2.05, 4.69) is 5.32 Å². The van der Waals surface area contributed by atoms with Gasteiger partial charge in [-0.1, -0.05) is 0 Å². The van der Waals surface area contributed by atoms with Crippen LogP contribution in [0.2, 0.25) is 0 Å². The van der Waals surface area contributed by atoms with E-state index in [-0.39, 0.29) is 5.91 Å². The van der Waals surface area contributed by atoms with Crippen LogP contribution >= 0.6 is 11.8 Å². The molecule has 0 aromatic rings. The number of carbonyl (C=O) groups excluding carboxylic acids is 1. The van der Waals surface area contributed by atoms with Crippen LogP contribution in [-0.2, 0) is 4.79 Å². The fourth-order valence-corrected chi connectivity index (χ4v) is 2.73. The molecule has 1 rings (SSSR count). The lowest BCUT2D eigenvalue weighted by Gasteiger charge is -2.37. The van der Waals surface area contributed by atoms with E-state index in [1.54, 1.807) is 0 Å². The van der Waals surface area contributed by atoms with Crippen molar-refractivity contribution in [3.05, 3.63) is 0 Å². The number of hydrogen-bond acceptors (Lipinski definition) is 3. The van der Waals surface area contributed by atoms with Crippen molar-refractivity contribution in [1.29, 1.82) is 0 Å². The highest BCUT2D eigenvalue weighted by Crippen LogP contribution is 2.29. The molecule has 94 valence electrons. The molecule has 1 atom stereocenters. The van der Waals surface area contributed by atoms with Crippen molar-refractivity contribution in [2.75, 3.05) is 12.3 Å². The van der Waals surface area contributed by atoms with E-state index in [0.717, 1.165) is 6.54 Å². The van der Waals surface area contributed by atoms with Gasteiger partial charge in [0.15, 0.2) is 0 Å². The molecule has 4 heteroatoms. The molecular weight excluding hydrogens is 220 g/mol. The summed E-state index contributed by atoms with van der Waals surface area (Å²) in [6, 6.07) is 0. The van der Waals surface area contributed by atoms with Crippen molar-refractivity contribution < 1.29 is 4.79 Å². The minimum Gasteiger partial charge on any atom is -0.354 e. The minimum absolute atomic E-state index is 0.0625. The molecule has 3 nitrogen and oxygen atoms in total. The molecule has 1 aliphatic rings. The molecule has 1 heterocycles. The van der Waals surface area contributed by atoms with Crippen LogP contribution in [0.5, 0.6) is 0 Å². The Labute approximate surface area is 103 Å². The zero-order valence-corrected chi connectivity index (χ0v) is 11.6. The molecule has 3 N–H and O–H groups in total. The number of rotatable bonds is 4. The largest absolute Gasteiger partial charge is 0.354 e. The highest BCUT2D eigenvalue weighted by Gasteiger charge is 2.40. The third kappa shape index (κ3) is 3.14. The maximum atomic E-state index is 12.1. The molecule has 1 aliphatic heterocycles. The summed E-state index contributed by atoms with van der Waals surface area (Å²) in [6.07, 6.45) is 2.49. The summed E-state index contributed by atoms with van der Waals surface area (Å²) in [5.41, 5.74) is 5.00. The fourth-order valence-electron chi connectivity index (χ4n) is 1.53. The molecule has 0 bridgehead atoms. The smallest absolute Gasteiger partial charge is 0.227 e. The second-order valence-electron chi connectivity index (χ2n) is 5.69. The molecule has 0 aliphatic carbocycles. The van der Waals surface area contributed by atoms with Crippen LogP contribution in [-0.4, -0.2) is 29.0 Å². The van der Waals surface area contributed by atoms with E-state index < -0.39 is 11.0 Å². The average Bonchev–Trinajstić information content (AvgIpc) is 2.64. The molecule has 0 saturated carbocycles. The second kappa shape index (κ2) is 4.96. The summed E-state index contributed by atoms with van der Waals surface area (Å²) >= 11 is 1.96. The first-order chi connectivity index (χ1) is 7.25. The van der Waals surface area contributed by atoms with Crippen molar-refractivity contribution >= 4 is 17.7 Å². The van der Waals surface area contributed by atoms with Crippen molar-refractivity contribution in [1.82, 2.24) is 5.32 Å². The Bertz CT molecular complexity index is 252. The molecule has 0 radical (unpaired) electrons. The topological polar surface area (TPSA) is 55.1 Å². The van der Waals surface area contributed by atoms with Gasteiger partial charge < -0.3 is 11.1 Å². The van der Waals surface area contributed by atoms with Crippen molar-refractivity contribution in [2.45, 2.75) is 51.3 Å². The predicted octanol–water partition coefficient (Wildman–Crippen LogP) is 1.76. The van der Waals surface area contributed by atoms with Gasteiger partial charge >= 0.3 is 0 Å². The van der Waals surface area contributed by atoms with Crippen LogP contribution in [0.3, 0.4) is 0 Å². The molecule has 0 aromatic carbocycles. The summed E-state index contributed by atoms with van der Waals surface area (Å²) < 4.78 is 0. The average molecular weight is 244 g/mol. The van der Waals surface area contributed by atoms with Crippen LogP contribution in [0.15, 0.2) is 0 Å². The Morgan fingerprint density at radius 2 is 2.06 bits per heavy atom. The minimum atomic E-state index is -0.531. The Balaban J connectivity index is 2.45. The van der Waals surface area contributed by atoms with E-state index in [0.29, 0.717) is 5.25 Å². The number of nitrogens with one attached hydrogen (secondary N) is 1. The van der Waals surface area contributed by atoms with Gasteiger partial charge in [0, 0.05) is 17.3 Å². The lowest BCUT2D eigenvalue weighted by Crippen LogP contribution is -2.56. The fraction of sp³-hybridized carbons (Fsp3) is 0.917. The third-order valence-corrected chi connectivity index (χ3v) is 5.09. The van der Waals surface area contributed by atoms with Crippen molar-refractivity contribution in [2.24, 2.45) is 11.1 Å². The van der Waals surface area contributed by atoms with Gasteiger partial charge in [0.2, 0.25) is 5.91 Å². The molecule has 0 spiro atoms. The Morgan fingerprint density at radius 1 is 1.44 bits per heavy atom. The first-order valence-electron chi connectivity index (χ1n) is 5.94. The summed E-state index contributed by atoms with van der Waals surface area (Å²) in [7, 11) is 0. The van der Waals surface area contributed by atoms with Gasteiger partial charge in [-0.3, -0.25) is 4.79 Å². The second-order valence-corrected chi connectivity index (χ2v) is 7.10. The monoisotopic (exact) mass is 244 g/mol. The van der Waals surface area contributed by atoms with Gasteiger partial charge in [-0.2, -0.15) is 11.8 Å². The molecule has 0 aromatic heterocycles. The number of amides is 1. The van der Waals surface area contributed by atoms with Gasteiger partial charge in [-0.15, -0.1) is 0 Å². The molecule has 16 heavy (non-hydrogen) atoms. The van der Waals surface area contributed by atoms with Gasteiger partial charge in [-0.05, 0) is 46.3 Å².